The number of benzene rings is 2. The van der Waals surface area contributed by atoms with Crippen molar-refractivity contribution >= 4 is 29.2 Å². The van der Waals surface area contributed by atoms with Crippen molar-refractivity contribution in [2.75, 3.05) is 18.5 Å². The molecular formula is C19H20ClNO5. The Balaban J connectivity index is 1.85. The fourth-order valence-electron chi connectivity index (χ4n) is 2.06. The average molecular weight is 378 g/mol. The number of rotatable bonds is 8. The van der Waals surface area contributed by atoms with Crippen LogP contribution in [-0.4, -0.2) is 31.2 Å². The number of esters is 1. The lowest BCUT2D eigenvalue weighted by atomic mass is 10.3. The lowest BCUT2D eigenvalue weighted by molar-refractivity contribution is -0.155. The van der Waals surface area contributed by atoms with Crippen LogP contribution in [0.4, 0.5) is 5.69 Å². The molecule has 1 atom stereocenters. The van der Waals surface area contributed by atoms with Crippen molar-refractivity contribution in [3.8, 4) is 11.5 Å². The molecule has 1 amide bonds. The molecule has 0 spiro atoms. The third-order valence-corrected chi connectivity index (χ3v) is 3.63. The Bertz CT molecular complexity index is 765. The predicted molar refractivity (Wildman–Crippen MR) is 98.7 cm³/mol. The molecule has 0 aliphatic rings. The summed E-state index contributed by atoms with van der Waals surface area (Å²) in [5, 5.41) is 3.00. The Hall–Kier alpha value is -2.73. The van der Waals surface area contributed by atoms with E-state index < -0.39 is 18.0 Å². The number of hydrogen-bond donors (Lipinski definition) is 1. The van der Waals surface area contributed by atoms with Gasteiger partial charge >= 0.3 is 5.97 Å². The van der Waals surface area contributed by atoms with Crippen LogP contribution in [0.15, 0.2) is 48.5 Å². The second kappa shape index (κ2) is 9.68. The van der Waals surface area contributed by atoms with Crippen LogP contribution in [-0.2, 0) is 14.3 Å². The zero-order valence-corrected chi connectivity index (χ0v) is 15.3. The van der Waals surface area contributed by atoms with Gasteiger partial charge in [0, 0.05) is 0 Å². The van der Waals surface area contributed by atoms with Crippen LogP contribution in [0.1, 0.15) is 13.8 Å². The summed E-state index contributed by atoms with van der Waals surface area (Å²) < 4.78 is 15.9. The lowest BCUT2D eigenvalue weighted by Gasteiger charge is -2.15. The molecule has 2 rings (SSSR count). The Kier molecular flexibility index (Phi) is 7.29. The Morgan fingerprint density at radius 2 is 1.65 bits per heavy atom. The van der Waals surface area contributed by atoms with Gasteiger partial charge in [0.25, 0.3) is 5.91 Å². The van der Waals surface area contributed by atoms with Crippen molar-refractivity contribution in [3.05, 3.63) is 53.6 Å². The first-order valence-corrected chi connectivity index (χ1v) is 8.48. The van der Waals surface area contributed by atoms with Crippen molar-refractivity contribution < 1.29 is 23.8 Å². The monoisotopic (exact) mass is 377 g/mol. The summed E-state index contributed by atoms with van der Waals surface area (Å²) in [5.74, 6) is -0.189. The Morgan fingerprint density at radius 3 is 2.31 bits per heavy atom. The van der Waals surface area contributed by atoms with Crippen LogP contribution < -0.4 is 14.8 Å². The maximum absolute atomic E-state index is 12.1. The third-order valence-electron chi connectivity index (χ3n) is 3.30. The second-order valence-corrected chi connectivity index (χ2v) is 5.68. The standard InChI is InChI=1S/C19H20ClNO5/c1-3-24-16-10-6-7-11-17(16)25-12-18(22)26-13(2)19(23)21-15-9-5-4-8-14(15)20/h4-11,13H,3,12H2,1-2H3,(H,21,23). The van der Waals surface area contributed by atoms with E-state index >= 15 is 0 Å². The number of ether oxygens (including phenoxy) is 3. The molecule has 0 bridgehead atoms. The molecule has 26 heavy (non-hydrogen) atoms. The second-order valence-electron chi connectivity index (χ2n) is 5.27. The first-order chi connectivity index (χ1) is 12.5. The molecule has 6 nitrogen and oxygen atoms in total. The van der Waals surface area contributed by atoms with Gasteiger partial charge in [-0.3, -0.25) is 4.79 Å². The number of halogens is 1. The number of carbonyl (C=O) groups is 2. The van der Waals surface area contributed by atoms with Gasteiger partial charge in [-0.15, -0.1) is 0 Å². The number of hydrogen-bond acceptors (Lipinski definition) is 5. The van der Waals surface area contributed by atoms with Gasteiger partial charge in [-0.1, -0.05) is 35.9 Å². The summed E-state index contributed by atoms with van der Waals surface area (Å²) in [6, 6.07) is 13.8. The van der Waals surface area contributed by atoms with E-state index in [1.807, 2.05) is 6.92 Å². The van der Waals surface area contributed by atoms with Crippen LogP contribution in [0.3, 0.4) is 0 Å². The fourth-order valence-corrected chi connectivity index (χ4v) is 2.25. The van der Waals surface area contributed by atoms with E-state index in [-0.39, 0.29) is 6.61 Å². The molecule has 0 radical (unpaired) electrons. The van der Waals surface area contributed by atoms with E-state index in [0.717, 1.165) is 0 Å². The summed E-state index contributed by atoms with van der Waals surface area (Å²) in [6.07, 6.45) is -0.996. The lowest BCUT2D eigenvalue weighted by Crippen LogP contribution is -2.31. The predicted octanol–water partition coefficient (Wildman–Crippen LogP) is 3.69. The van der Waals surface area contributed by atoms with Crippen LogP contribution in [0.2, 0.25) is 5.02 Å². The highest BCUT2D eigenvalue weighted by atomic mass is 35.5. The first-order valence-electron chi connectivity index (χ1n) is 8.10. The SMILES string of the molecule is CCOc1ccccc1OCC(=O)OC(C)C(=O)Nc1ccccc1Cl. The molecule has 0 fully saturated rings. The number of anilines is 1. The van der Waals surface area contributed by atoms with Gasteiger partial charge in [0.2, 0.25) is 0 Å². The molecule has 1 unspecified atom stereocenters. The topological polar surface area (TPSA) is 73.9 Å². The van der Waals surface area contributed by atoms with Crippen molar-refractivity contribution in [3.63, 3.8) is 0 Å². The van der Waals surface area contributed by atoms with Crippen molar-refractivity contribution in [2.24, 2.45) is 0 Å². The van der Waals surface area contributed by atoms with Crippen LogP contribution in [0.5, 0.6) is 11.5 Å². The van der Waals surface area contributed by atoms with Crippen molar-refractivity contribution in [1.29, 1.82) is 0 Å². The van der Waals surface area contributed by atoms with E-state index in [0.29, 0.717) is 28.8 Å². The van der Waals surface area contributed by atoms with Gasteiger partial charge < -0.3 is 19.5 Å². The molecule has 0 aliphatic carbocycles. The Morgan fingerprint density at radius 1 is 1.04 bits per heavy atom. The Labute approximate surface area is 157 Å². The molecule has 0 saturated carbocycles. The summed E-state index contributed by atoms with van der Waals surface area (Å²) in [5.41, 5.74) is 0.448. The molecule has 138 valence electrons. The van der Waals surface area contributed by atoms with Crippen LogP contribution in [0, 0.1) is 0 Å². The zero-order chi connectivity index (χ0) is 18.9. The summed E-state index contributed by atoms with van der Waals surface area (Å²) in [7, 11) is 0. The van der Waals surface area contributed by atoms with Crippen LogP contribution in [0.25, 0.3) is 0 Å². The minimum atomic E-state index is -0.996. The summed E-state index contributed by atoms with van der Waals surface area (Å²) in [6.45, 7) is 3.46. The maximum Gasteiger partial charge on any atom is 0.344 e. The van der Waals surface area contributed by atoms with E-state index in [1.54, 1.807) is 48.5 Å². The van der Waals surface area contributed by atoms with E-state index in [2.05, 4.69) is 5.32 Å². The highest BCUT2D eigenvalue weighted by Gasteiger charge is 2.19. The molecule has 0 aromatic heterocycles. The van der Waals surface area contributed by atoms with Crippen molar-refractivity contribution in [2.45, 2.75) is 20.0 Å². The molecule has 2 aromatic carbocycles. The van der Waals surface area contributed by atoms with E-state index in [9.17, 15) is 9.59 Å². The van der Waals surface area contributed by atoms with E-state index in [1.165, 1.54) is 6.92 Å². The minimum Gasteiger partial charge on any atom is -0.490 e. The van der Waals surface area contributed by atoms with Gasteiger partial charge in [-0.05, 0) is 38.1 Å². The smallest absolute Gasteiger partial charge is 0.344 e. The normalized spacial score (nSPS) is 11.3. The number of para-hydroxylation sites is 3. The maximum atomic E-state index is 12.1. The molecule has 0 aliphatic heterocycles. The first kappa shape index (κ1) is 19.6. The summed E-state index contributed by atoms with van der Waals surface area (Å²) in [4.78, 5) is 24.0. The largest absolute Gasteiger partial charge is 0.490 e. The highest BCUT2D eigenvalue weighted by molar-refractivity contribution is 6.33. The number of carbonyl (C=O) groups excluding carboxylic acids is 2. The molecule has 0 saturated heterocycles. The van der Waals surface area contributed by atoms with Gasteiger partial charge in [0.15, 0.2) is 24.2 Å². The fraction of sp³-hybridized carbons (Fsp3) is 0.263. The third kappa shape index (κ3) is 5.67. The average Bonchev–Trinajstić information content (AvgIpc) is 2.63. The number of nitrogens with one attached hydrogen (secondary N) is 1. The molecular weight excluding hydrogens is 358 g/mol. The molecule has 7 heteroatoms. The van der Waals surface area contributed by atoms with Gasteiger partial charge in [-0.25, -0.2) is 4.79 Å². The zero-order valence-electron chi connectivity index (χ0n) is 14.5. The van der Waals surface area contributed by atoms with E-state index in [4.69, 9.17) is 25.8 Å². The van der Waals surface area contributed by atoms with Gasteiger partial charge in [-0.2, -0.15) is 0 Å². The van der Waals surface area contributed by atoms with Gasteiger partial charge in [0.1, 0.15) is 0 Å². The van der Waals surface area contributed by atoms with Crippen LogP contribution >= 0.6 is 11.6 Å². The quantitative estimate of drug-likeness (QED) is 0.710. The number of amides is 1. The highest BCUT2D eigenvalue weighted by Crippen LogP contribution is 2.26. The molecule has 1 N–H and O–H groups in total. The van der Waals surface area contributed by atoms with Crippen molar-refractivity contribution in [1.82, 2.24) is 0 Å². The molecule has 0 heterocycles. The van der Waals surface area contributed by atoms with Gasteiger partial charge in [0.05, 0.1) is 17.3 Å². The molecule has 2 aromatic rings. The minimum absolute atomic E-state index is 0.339. The summed E-state index contributed by atoms with van der Waals surface area (Å²) >= 11 is 5.98.